The number of rotatable bonds is 6. The molecule has 0 bridgehead atoms. The molecular weight excluding hydrogens is 342 g/mol. The predicted octanol–water partition coefficient (Wildman–Crippen LogP) is 4.05. The smallest absolute Gasteiger partial charge is 0.226 e. The number of likely N-dealkylation sites (N-methyl/N-ethyl adjacent to an activating group) is 1. The average Bonchev–Trinajstić information content (AvgIpc) is 2.54. The van der Waals surface area contributed by atoms with E-state index in [4.69, 9.17) is 4.74 Å². The van der Waals surface area contributed by atoms with Gasteiger partial charge in [0.15, 0.2) is 0 Å². The van der Waals surface area contributed by atoms with Crippen LogP contribution in [0.5, 0.6) is 5.75 Å². The molecule has 0 aliphatic carbocycles. The largest absolute Gasteiger partial charge is 0.489 e. The summed E-state index contributed by atoms with van der Waals surface area (Å²) in [5.74, 6) is 0.843. The van der Waals surface area contributed by atoms with Crippen LogP contribution in [-0.4, -0.2) is 24.4 Å². The number of nitrogens with zero attached hydrogens (tertiary/aromatic N) is 1. The zero-order valence-electron chi connectivity index (χ0n) is 12.9. The summed E-state index contributed by atoms with van der Waals surface area (Å²) in [6, 6.07) is 15.8. The maximum atomic E-state index is 12.1. The molecule has 0 aromatic heterocycles. The molecule has 22 heavy (non-hydrogen) atoms. The third kappa shape index (κ3) is 4.60. The fourth-order valence-corrected chi connectivity index (χ4v) is 2.45. The van der Waals surface area contributed by atoms with Crippen LogP contribution in [0, 0.1) is 0 Å². The molecule has 0 heterocycles. The van der Waals surface area contributed by atoms with Gasteiger partial charge in [0.1, 0.15) is 12.4 Å². The van der Waals surface area contributed by atoms with Crippen LogP contribution < -0.4 is 4.74 Å². The average molecular weight is 362 g/mol. The van der Waals surface area contributed by atoms with Crippen molar-refractivity contribution in [1.82, 2.24) is 4.90 Å². The van der Waals surface area contributed by atoms with E-state index >= 15 is 0 Å². The molecule has 0 aliphatic heterocycles. The van der Waals surface area contributed by atoms with Crippen molar-refractivity contribution in [3.8, 4) is 5.75 Å². The van der Waals surface area contributed by atoms with E-state index in [0.29, 0.717) is 19.6 Å². The SMILES string of the molecule is CCN(C)C(=O)Cc1cc(Br)ccc1OCc1ccccc1. The van der Waals surface area contributed by atoms with E-state index in [1.54, 1.807) is 4.90 Å². The van der Waals surface area contributed by atoms with Gasteiger partial charge in [0, 0.05) is 23.6 Å². The number of hydrogen-bond donors (Lipinski definition) is 0. The number of benzene rings is 2. The van der Waals surface area contributed by atoms with Gasteiger partial charge in [-0.15, -0.1) is 0 Å². The van der Waals surface area contributed by atoms with Crippen molar-refractivity contribution in [2.24, 2.45) is 0 Å². The molecule has 2 aromatic rings. The highest BCUT2D eigenvalue weighted by atomic mass is 79.9. The highest BCUT2D eigenvalue weighted by Gasteiger charge is 2.13. The lowest BCUT2D eigenvalue weighted by molar-refractivity contribution is -0.129. The first kappa shape index (κ1) is 16.6. The molecule has 0 unspecified atom stereocenters. The van der Waals surface area contributed by atoms with Crippen LogP contribution in [0.3, 0.4) is 0 Å². The lowest BCUT2D eigenvalue weighted by Crippen LogP contribution is -2.27. The number of ether oxygens (including phenoxy) is 1. The highest BCUT2D eigenvalue weighted by molar-refractivity contribution is 9.10. The van der Waals surface area contributed by atoms with Crippen molar-refractivity contribution in [2.45, 2.75) is 20.0 Å². The predicted molar refractivity (Wildman–Crippen MR) is 91.9 cm³/mol. The van der Waals surface area contributed by atoms with Gasteiger partial charge in [-0.2, -0.15) is 0 Å². The fourth-order valence-electron chi connectivity index (χ4n) is 2.04. The number of amides is 1. The van der Waals surface area contributed by atoms with Crippen LogP contribution in [-0.2, 0) is 17.8 Å². The topological polar surface area (TPSA) is 29.5 Å². The van der Waals surface area contributed by atoms with E-state index in [0.717, 1.165) is 21.3 Å². The lowest BCUT2D eigenvalue weighted by Gasteiger charge is -2.16. The van der Waals surface area contributed by atoms with E-state index < -0.39 is 0 Å². The van der Waals surface area contributed by atoms with E-state index in [1.807, 2.05) is 62.5 Å². The van der Waals surface area contributed by atoms with Crippen molar-refractivity contribution in [3.05, 3.63) is 64.1 Å². The van der Waals surface area contributed by atoms with Crippen LogP contribution in [0.1, 0.15) is 18.1 Å². The van der Waals surface area contributed by atoms with Crippen LogP contribution in [0.15, 0.2) is 53.0 Å². The van der Waals surface area contributed by atoms with Gasteiger partial charge in [-0.1, -0.05) is 46.3 Å². The Morgan fingerprint density at radius 1 is 1.18 bits per heavy atom. The third-order valence-corrected chi connectivity index (χ3v) is 3.99. The summed E-state index contributed by atoms with van der Waals surface area (Å²) in [7, 11) is 1.81. The minimum absolute atomic E-state index is 0.0881. The Morgan fingerprint density at radius 2 is 1.91 bits per heavy atom. The van der Waals surface area contributed by atoms with Crippen LogP contribution in [0.25, 0.3) is 0 Å². The molecule has 0 radical (unpaired) electrons. The zero-order valence-corrected chi connectivity index (χ0v) is 14.5. The Hall–Kier alpha value is -1.81. The quantitative estimate of drug-likeness (QED) is 0.776. The van der Waals surface area contributed by atoms with E-state index in [2.05, 4.69) is 15.9 Å². The molecule has 2 aromatic carbocycles. The zero-order chi connectivity index (χ0) is 15.9. The van der Waals surface area contributed by atoms with Crippen molar-refractivity contribution >= 4 is 21.8 Å². The maximum Gasteiger partial charge on any atom is 0.226 e. The second-order valence-corrected chi connectivity index (χ2v) is 6.03. The third-order valence-electron chi connectivity index (χ3n) is 3.50. The van der Waals surface area contributed by atoms with Crippen LogP contribution in [0.4, 0.5) is 0 Å². The van der Waals surface area contributed by atoms with Gasteiger partial charge >= 0.3 is 0 Å². The summed E-state index contributed by atoms with van der Waals surface area (Å²) in [6.45, 7) is 3.16. The summed E-state index contributed by atoms with van der Waals surface area (Å²) in [6.07, 6.45) is 0.341. The summed E-state index contributed by atoms with van der Waals surface area (Å²) in [5.41, 5.74) is 2.00. The Morgan fingerprint density at radius 3 is 2.59 bits per heavy atom. The van der Waals surface area contributed by atoms with Crippen LogP contribution in [0.2, 0.25) is 0 Å². The minimum Gasteiger partial charge on any atom is -0.489 e. The Kier molecular flexibility index (Phi) is 6.01. The molecular formula is C18H20BrNO2. The molecule has 0 spiro atoms. The number of halogens is 1. The van der Waals surface area contributed by atoms with Crippen LogP contribution >= 0.6 is 15.9 Å². The van der Waals surface area contributed by atoms with Gasteiger partial charge < -0.3 is 9.64 Å². The first-order chi connectivity index (χ1) is 10.6. The molecule has 0 saturated heterocycles. The molecule has 0 saturated carbocycles. The molecule has 3 nitrogen and oxygen atoms in total. The molecule has 116 valence electrons. The van der Waals surface area contributed by atoms with Gasteiger partial charge in [-0.25, -0.2) is 0 Å². The standard InChI is InChI=1S/C18H20BrNO2/c1-3-20(2)18(21)12-15-11-16(19)9-10-17(15)22-13-14-7-5-4-6-8-14/h4-11H,3,12-13H2,1-2H3. The summed E-state index contributed by atoms with van der Waals surface area (Å²) in [4.78, 5) is 13.8. The fraction of sp³-hybridized carbons (Fsp3) is 0.278. The number of carbonyl (C=O) groups is 1. The second kappa shape index (κ2) is 7.99. The maximum absolute atomic E-state index is 12.1. The van der Waals surface area contributed by atoms with Gasteiger partial charge in [0.05, 0.1) is 6.42 Å². The van der Waals surface area contributed by atoms with E-state index in [9.17, 15) is 4.79 Å². The molecule has 0 atom stereocenters. The second-order valence-electron chi connectivity index (χ2n) is 5.11. The molecule has 1 amide bonds. The van der Waals surface area contributed by atoms with Crippen molar-refractivity contribution in [1.29, 1.82) is 0 Å². The van der Waals surface area contributed by atoms with Crippen molar-refractivity contribution in [2.75, 3.05) is 13.6 Å². The molecule has 2 rings (SSSR count). The Balaban J connectivity index is 2.12. The lowest BCUT2D eigenvalue weighted by atomic mass is 10.1. The summed E-state index contributed by atoms with van der Waals surface area (Å²) < 4.78 is 6.85. The van der Waals surface area contributed by atoms with Crippen molar-refractivity contribution in [3.63, 3.8) is 0 Å². The highest BCUT2D eigenvalue weighted by Crippen LogP contribution is 2.25. The summed E-state index contributed by atoms with van der Waals surface area (Å²) in [5, 5.41) is 0. The van der Waals surface area contributed by atoms with Gasteiger partial charge in [0.2, 0.25) is 5.91 Å². The Labute approximate surface area is 140 Å². The number of carbonyl (C=O) groups excluding carboxylic acids is 1. The van der Waals surface area contributed by atoms with Gasteiger partial charge in [0.25, 0.3) is 0 Å². The monoisotopic (exact) mass is 361 g/mol. The van der Waals surface area contributed by atoms with Gasteiger partial charge in [-0.05, 0) is 30.7 Å². The van der Waals surface area contributed by atoms with E-state index in [-0.39, 0.29) is 5.91 Å². The molecule has 0 aliphatic rings. The molecule has 0 fully saturated rings. The first-order valence-electron chi connectivity index (χ1n) is 7.29. The minimum atomic E-state index is 0.0881. The molecule has 0 N–H and O–H groups in total. The molecule has 4 heteroatoms. The number of hydrogen-bond acceptors (Lipinski definition) is 2. The normalized spacial score (nSPS) is 10.3. The summed E-state index contributed by atoms with van der Waals surface area (Å²) >= 11 is 3.46. The Bertz CT molecular complexity index is 628. The van der Waals surface area contributed by atoms with Gasteiger partial charge in [-0.3, -0.25) is 4.79 Å². The van der Waals surface area contributed by atoms with E-state index in [1.165, 1.54) is 0 Å². The first-order valence-corrected chi connectivity index (χ1v) is 8.08. The van der Waals surface area contributed by atoms with Crippen molar-refractivity contribution < 1.29 is 9.53 Å².